The lowest BCUT2D eigenvalue weighted by Crippen LogP contribution is -2.53. The van der Waals surface area contributed by atoms with Crippen molar-refractivity contribution >= 4 is 5.91 Å². The molecule has 0 unspecified atom stereocenters. The highest BCUT2D eigenvalue weighted by atomic mass is 16.5. The molecule has 1 aliphatic heterocycles. The standard InChI is InChI=1S/C15H23N3O2/c1-4-15(6-5-7-15)16-14(19)13-11-8-9(2)20-10(3)12(11)17-18-13/h9-10H,4-8H2,1-3H3,(H,16,19)(H,17,18)/t9-,10+/m0/s1. The second kappa shape index (κ2) is 4.88. The molecule has 0 spiro atoms. The van der Waals surface area contributed by atoms with Crippen molar-refractivity contribution in [2.45, 2.75) is 70.6 Å². The molecule has 0 radical (unpaired) electrons. The van der Waals surface area contributed by atoms with Gasteiger partial charge in [0.15, 0.2) is 5.69 Å². The van der Waals surface area contributed by atoms with E-state index in [4.69, 9.17) is 4.74 Å². The summed E-state index contributed by atoms with van der Waals surface area (Å²) in [6.45, 7) is 6.17. The number of ether oxygens (including phenoxy) is 1. The van der Waals surface area contributed by atoms with E-state index in [1.807, 2.05) is 13.8 Å². The Morgan fingerprint density at radius 3 is 2.85 bits per heavy atom. The summed E-state index contributed by atoms with van der Waals surface area (Å²) in [7, 11) is 0. The first kappa shape index (κ1) is 13.6. The second-order valence-corrected chi connectivity index (χ2v) is 6.20. The normalized spacial score (nSPS) is 27.6. The van der Waals surface area contributed by atoms with Crippen molar-refractivity contribution in [3.8, 4) is 0 Å². The highest BCUT2D eigenvalue weighted by molar-refractivity contribution is 5.94. The van der Waals surface area contributed by atoms with Crippen LogP contribution in [-0.2, 0) is 11.2 Å². The molecule has 1 amide bonds. The molecule has 1 saturated carbocycles. The third-order valence-corrected chi connectivity index (χ3v) is 4.81. The Morgan fingerprint density at radius 2 is 2.25 bits per heavy atom. The molecule has 2 atom stereocenters. The van der Waals surface area contributed by atoms with E-state index in [-0.39, 0.29) is 23.7 Å². The Bertz CT molecular complexity index is 514. The summed E-state index contributed by atoms with van der Waals surface area (Å²) in [6, 6.07) is 0. The van der Waals surface area contributed by atoms with Crippen molar-refractivity contribution in [3.05, 3.63) is 17.0 Å². The number of rotatable bonds is 3. The van der Waals surface area contributed by atoms with Crippen LogP contribution >= 0.6 is 0 Å². The van der Waals surface area contributed by atoms with E-state index in [1.165, 1.54) is 6.42 Å². The minimum absolute atomic E-state index is 0.00527. The topological polar surface area (TPSA) is 67.0 Å². The van der Waals surface area contributed by atoms with Gasteiger partial charge in [-0.25, -0.2) is 0 Å². The van der Waals surface area contributed by atoms with Crippen molar-refractivity contribution in [2.75, 3.05) is 0 Å². The smallest absolute Gasteiger partial charge is 0.272 e. The van der Waals surface area contributed by atoms with Gasteiger partial charge in [0.05, 0.1) is 17.9 Å². The highest BCUT2D eigenvalue weighted by Crippen LogP contribution is 2.35. The van der Waals surface area contributed by atoms with Crippen LogP contribution in [0.5, 0.6) is 0 Å². The van der Waals surface area contributed by atoms with Gasteiger partial charge in [-0.1, -0.05) is 6.92 Å². The molecular weight excluding hydrogens is 254 g/mol. The lowest BCUT2D eigenvalue weighted by atomic mass is 9.74. The fourth-order valence-electron chi connectivity index (χ4n) is 3.33. The molecule has 2 N–H and O–H groups in total. The summed E-state index contributed by atoms with van der Waals surface area (Å²) < 4.78 is 5.76. The van der Waals surface area contributed by atoms with Crippen LogP contribution in [0.4, 0.5) is 0 Å². The largest absolute Gasteiger partial charge is 0.369 e. The molecule has 1 aliphatic carbocycles. The zero-order valence-corrected chi connectivity index (χ0v) is 12.5. The molecule has 110 valence electrons. The summed E-state index contributed by atoms with van der Waals surface area (Å²) in [4.78, 5) is 12.5. The summed E-state index contributed by atoms with van der Waals surface area (Å²) in [5.74, 6) is -0.0367. The number of fused-ring (bicyclic) bond motifs is 1. The molecule has 5 heteroatoms. The number of aromatic nitrogens is 2. The molecule has 0 bridgehead atoms. The Hall–Kier alpha value is -1.36. The minimum Gasteiger partial charge on any atom is -0.369 e. The van der Waals surface area contributed by atoms with E-state index in [9.17, 15) is 4.79 Å². The van der Waals surface area contributed by atoms with Gasteiger partial charge in [0, 0.05) is 17.5 Å². The van der Waals surface area contributed by atoms with Crippen LogP contribution in [0, 0.1) is 0 Å². The maximum Gasteiger partial charge on any atom is 0.272 e. The molecule has 1 aromatic rings. The second-order valence-electron chi connectivity index (χ2n) is 6.20. The number of carbonyl (C=O) groups excluding carboxylic acids is 1. The first-order valence-corrected chi connectivity index (χ1v) is 7.60. The molecule has 3 rings (SSSR count). The van der Waals surface area contributed by atoms with Gasteiger partial charge in [0.1, 0.15) is 0 Å². The SMILES string of the molecule is CCC1(NC(=O)c2n[nH]c3c2C[C@H](C)O[C@@H]3C)CCC1. The zero-order chi connectivity index (χ0) is 14.3. The molecule has 20 heavy (non-hydrogen) atoms. The fourth-order valence-corrected chi connectivity index (χ4v) is 3.33. The van der Waals surface area contributed by atoms with Crippen LogP contribution in [-0.4, -0.2) is 27.7 Å². The number of hydrogen-bond donors (Lipinski definition) is 2. The fraction of sp³-hybridized carbons (Fsp3) is 0.733. The van der Waals surface area contributed by atoms with Crippen molar-refractivity contribution in [1.82, 2.24) is 15.5 Å². The summed E-state index contributed by atoms with van der Waals surface area (Å²) in [5, 5.41) is 10.4. The van der Waals surface area contributed by atoms with E-state index < -0.39 is 0 Å². The van der Waals surface area contributed by atoms with Gasteiger partial charge in [-0.3, -0.25) is 9.89 Å². The lowest BCUT2D eigenvalue weighted by molar-refractivity contribution is -0.00698. The number of nitrogens with zero attached hydrogens (tertiary/aromatic N) is 1. The Balaban J connectivity index is 1.82. The zero-order valence-electron chi connectivity index (χ0n) is 12.5. The summed E-state index contributed by atoms with van der Waals surface area (Å²) in [6.07, 6.45) is 5.21. The lowest BCUT2D eigenvalue weighted by Gasteiger charge is -2.41. The maximum absolute atomic E-state index is 12.5. The minimum atomic E-state index is -0.0367. The molecule has 0 saturated heterocycles. The maximum atomic E-state index is 12.5. The predicted octanol–water partition coefficient (Wildman–Crippen LogP) is 2.49. The third kappa shape index (κ3) is 2.14. The van der Waals surface area contributed by atoms with Crippen LogP contribution in [0.3, 0.4) is 0 Å². The number of carbonyl (C=O) groups is 1. The van der Waals surface area contributed by atoms with Gasteiger partial charge in [0.2, 0.25) is 0 Å². The van der Waals surface area contributed by atoms with Gasteiger partial charge in [0.25, 0.3) is 5.91 Å². The molecule has 2 heterocycles. The number of aromatic amines is 1. The number of nitrogens with one attached hydrogen (secondary N) is 2. The molecule has 5 nitrogen and oxygen atoms in total. The summed E-state index contributed by atoms with van der Waals surface area (Å²) in [5.41, 5.74) is 2.54. The van der Waals surface area contributed by atoms with Crippen LogP contribution in [0.25, 0.3) is 0 Å². The van der Waals surface area contributed by atoms with E-state index in [2.05, 4.69) is 22.4 Å². The van der Waals surface area contributed by atoms with E-state index in [1.54, 1.807) is 0 Å². The van der Waals surface area contributed by atoms with Gasteiger partial charge < -0.3 is 10.1 Å². The van der Waals surface area contributed by atoms with Crippen LogP contribution in [0.1, 0.15) is 74.3 Å². The molecule has 0 aromatic carbocycles. The third-order valence-electron chi connectivity index (χ3n) is 4.81. The van der Waals surface area contributed by atoms with Crippen molar-refractivity contribution in [1.29, 1.82) is 0 Å². The van der Waals surface area contributed by atoms with Crippen molar-refractivity contribution in [3.63, 3.8) is 0 Å². The van der Waals surface area contributed by atoms with Gasteiger partial charge >= 0.3 is 0 Å². The molecule has 1 aromatic heterocycles. The van der Waals surface area contributed by atoms with E-state index in [0.29, 0.717) is 5.69 Å². The monoisotopic (exact) mass is 277 g/mol. The van der Waals surface area contributed by atoms with Crippen LogP contribution < -0.4 is 5.32 Å². The van der Waals surface area contributed by atoms with E-state index >= 15 is 0 Å². The highest BCUT2D eigenvalue weighted by Gasteiger charge is 2.38. The first-order chi connectivity index (χ1) is 9.54. The Labute approximate surface area is 119 Å². The number of hydrogen-bond acceptors (Lipinski definition) is 3. The first-order valence-electron chi connectivity index (χ1n) is 7.60. The average Bonchev–Trinajstić information content (AvgIpc) is 2.77. The van der Waals surface area contributed by atoms with E-state index in [0.717, 1.165) is 36.9 Å². The number of amides is 1. The Morgan fingerprint density at radius 1 is 1.50 bits per heavy atom. The molecule has 2 aliphatic rings. The quantitative estimate of drug-likeness (QED) is 0.892. The van der Waals surface area contributed by atoms with Crippen LogP contribution in [0.15, 0.2) is 0 Å². The molecule has 1 fully saturated rings. The number of H-pyrrole nitrogens is 1. The predicted molar refractivity (Wildman–Crippen MR) is 75.6 cm³/mol. The summed E-state index contributed by atoms with van der Waals surface area (Å²) >= 11 is 0. The van der Waals surface area contributed by atoms with Gasteiger partial charge in [-0.15, -0.1) is 0 Å². The van der Waals surface area contributed by atoms with Gasteiger partial charge in [-0.05, 0) is 39.5 Å². The van der Waals surface area contributed by atoms with Crippen molar-refractivity contribution in [2.24, 2.45) is 0 Å². The Kier molecular flexibility index (Phi) is 3.32. The van der Waals surface area contributed by atoms with Crippen molar-refractivity contribution < 1.29 is 9.53 Å². The van der Waals surface area contributed by atoms with Gasteiger partial charge in [-0.2, -0.15) is 5.10 Å². The molecular formula is C15H23N3O2. The average molecular weight is 277 g/mol. The van der Waals surface area contributed by atoms with Crippen LogP contribution in [0.2, 0.25) is 0 Å².